The van der Waals surface area contributed by atoms with E-state index in [9.17, 15) is 19.2 Å². The van der Waals surface area contributed by atoms with Crippen molar-refractivity contribution in [1.29, 1.82) is 0 Å². The average molecular weight is 659 g/mol. The third kappa shape index (κ3) is 8.95. The second-order valence-corrected chi connectivity index (χ2v) is 14.8. The van der Waals surface area contributed by atoms with Gasteiger partial charge < -0.3 is 39.0 Å². The van der Waals surface area contributed by atoms with Gasteiger partial charge in [0.15, 0.2) is 5.60 Å². The van der Waals surface area contributed by atoms with Crippen molar-refractivity contribution in [1.82, 2.24) is 10.2 Å². The Morgan fingerprint density at radius 3 is 2.36 bits per heavy atom. The lowest BCUT2D eigenvalue weighted by Crippen LogP contribution is -2.55. The van der Waals surface area contributed by atoms with Crippen LogP contribution in [0.3, 0.4) is 0 Å². The minimum Gasteiger partial charge on any atom is -0.476 e. The lowest BCUT2D eigenvalue weighted by molar-refractivity contribution is -0.133. The molecule has 12 nitrogen and oxygen atoms in total. The lowest BCUT2D eigenvalue weighted by Gasteiger charge is -2.41. The van der Waals surface area contributed by atoms with E-state index in [1.165, 1.54) is 4.90 Å². The molecule has 1 aliphatic carbocycles. The van der Waals surface area contributed by atoms with Gasteiger partial charge in [-0.3, -0.25) is 14.4 Å². The first-order chi connectivity index (χ1) is 22.1. The Morgan fingerprint density at radius 2 is 1.77 bits per heavy atom. The first-order valence-corrected chi connectivity index (χ1v) is 16.8. The summed E-state index contributed by atoms with van der Waals surface area (Å²) in [5.41, 5.74) is -0.511. The number of benzene rings is 1. The van der Waals surface area contributed by atoms with E-state index in [1.807, 2.05) is 32.0 Å². The summed E-state index contributed by atoms with van der Waals surface area (Å²) in [4.78, 5) is 60.0. The van der Waals surface area contributed by atoms with Gasteiger partial charge in [-0.1, -0.05) is 13.8 Å². The third-order valence-electron chi connectivity index (χ3n) is 8.82. The molecule has 47 heavy (non-hydrogen) atoms. The number of amides is 4. The monoisotopic (exact) mass is 658 g/mol. The number of likely N-dealkylation sites (tertiary alicyclic amines) is 1. The maximum Gasteiger partial charge on any atom is 0.410 e. The van der Waals surface area contributed by atoms with Gasteiger partial charge in [0.25, 0.3) is 5.91 Å². The van der Waals surface area contributed by atoms with Crippen molar-refractivity contribution in [2.24, 2.45) is 17.8 Å². The molecular formula is C35H54N4O8. The zero-order valence-corrected chi connectivity index (χ0v) is 29.6. The molecule has 4 amide bonds. The van der Waals surface area contributed by atoms with Crippen LogP contribution in [0.1, 0.15) is 74.1 Å². The molecule has 0 aromatic heterocycles. The van der Waals surface area contributed by atoms with Crippen molar-refractivity contribution in [3.8, 4) is 5.75 Å². The van der Waals surface area contributed by atoms with Crippen LogP contribution in [0, 0.1) is 17.8 Å². The van der Waals surface area contributed by atoms with Crippen molar-refractivity contribution < 1.29 is 38.1 Å². The smallest absolute Gasteiger partial charge is 0.410 e. The number of nitrogens with one attached hydrogen (secondary N) is 1. The van der Waals surface area contributed by atoms with Crippen LogP contribution in [0.25, 0.3) is 0 Å². The molecule has 1 saturated heterocycles. The van der Waals surface area contributed by atoms with Crippen molar-refractivity contribution in [3.05, 3.63) is 18.2 Å². The molecule has 262 valence electrons. The van der Waals surface area contributed by atoms with Crippen LogP contribution >= 0.6 is 0 Å². The molecule has 0 bridgehead atoms. The molecule has 12 heteroatoms. The van der Waals surface area contributed by atoms with Gasteiger partial charge in [-0.25, -0.2) is 4.79 Å². The summed E-state index contributed by atoms with van der Waals surface area (Å²) in [6.07, 6.45) is 2.04. The van der Waals surface area contributed by atoms with Gasteiger partial charge in [-0.05, 0) is 84.4 Å². The van der Waals surface area contributed by atoms with Crippen LogP contribution < -0.4 is 19.9 Å². The Hall–Kier alpha value is -3.38. The summed E-state index contributed by atoms with van der Waals surface area (Å²) in [5, 5.41) is 3.09. The molecule has 1 saturated carbocycles. The summed E-state index contributed by atoms with van der Waals surface area (Å²) >= 11 is 0. The highest BCUT2D eigenvalue weighted by molar-refractivity contribution is 6.04. The number of fused-ring (bicyclic) bond motifs is 1. The van der Waals surface area contributed by atoms with Gasteiger partial charge in [0.1, 0.15) is 11.4 Å². The van der Waals surface area contributed by atoms with Crippen LogP contribution in [0.2, 0.25) is 0 Å². The Kier molecular flexibility index (Phi) is 11.5. The molecule has 1 aromatic carbocycles. The van der Waals surface area contributed by atoms with E-state index in [-0.39, 0.29) is 55.2 Å². The van der Waals surface area contributed by atoms with E-state index in [4.69, 9.17) is 18.9 Å². The number of carbonyl (C=O) groups is 4. The first-order valence-electron chi connectivity index (χ1n) is 16.8. The van der Waals surface area contributed by atoms with Crippen molar-refractivity contribution in [2.45, 2.75) is 97.4 Å². The highest BCUT2D eigenvalue weighted by atomic mass is 16.6. The van der Waals surface area contributed by atoms with Gasteiger partial charge in [-0.2, -0.15) is 0 Å². The first kappa shape index (κ1) is 36.5. The van der Waals surface area contributed by atoms with Crippen LogP contribution in [0.4, 0.5) is 16.2 Å². The molecule has 2 fully saturated rings. The van der Waals surface area contributed by atoms with Gasteiger partial charge in [0, 0.05) is 52.2 Å². The number of anilines is 2. The van der Waals surface area contributed by atoms with Crippen LogP contribution in [0.15, 0.2) is 18.2 Å². The van der Waals surface area contributed by atoms with Gasteiger partial charge in [0.05, 0.1) is 30.2 Å². The van der Waals surface area contributed by atoms with E-state index in [1.54, 1.807) is 58.6 Å². The summed E-state index contributed by atoms with van der Waals surface area (Å²) in [6, 6.07) is 5.29. The predicted molar refractivity (Wildman–Crippen MR) is 179 cm³/mol. The number of hydrogen-bond acceptors (Lipinski definition) is 8. The van der Waals surface area contributed by atoms with E-state index in [0.717, 1.165) is 12.8 Å². The Bertz CT molecular complexity index is 1300. The molecule has 2 aliphatic heterocycles. The quantitative estimate of drug-likeness (QED) is 0.328. The summed E-state index contributed by atoms with van der Waals surface area (Å²) < 4.78 is 22.4. The number of methoxy groups -OCH3 is 2. The largest absolute Gasteiger partial charge is 0.476 e. The molecular weight excluding hydrogens is 604 g/mol. The van der Waals surface area contributed by atoms with Crippen LogP contribution in [-0.2, 0) is 28.6 Å². The minimum absolute atomic E-state index is 0.0182. The molecule has 1 aromatic rings. The zero-order chi connectivity index (χ0) is 34.7. The fourth-order valence-corrected chi connectivity index (χ4v) is 6.17. The fraction of sp³-hybridized carbons (Fsp3) is 0.714. The van der Waals surface area contributed by atoms with Crippen molar-refractivity contribution >= 4 is 35.2 Å². The third-order valence-corrected chi connectivity index (χ3v) is 8.82. The molecule has 3 aliphatic rings. The van der Waals surface area contributed by atoms with Gasteiger partial charge in [-0.15, -0.1) is 0 Å². The summed E-state index contributed by atoms with van der Waals surface area (Å²) in [6.45, 7) is 14.5. The van der Waals surface area contributed by atoms with E-state index in [0.29, 0.717) is 43.3 Å². The lowest BCUT2D eigenvalue weighted by atomic mass is 9.87. The SMILES string of the molecule is COCCCN1C(=O)C(C)(C)Oc2ccc(N(C(=O)[C@@H]3C[C@H](C(=O)N[C@H](COC)C(C)C)CN(C(=O)OC(C)(C)C)C3)C3CC3)cc21. The second-order valence-electron chi connectivity index (χ2n) is 14.8. The normalized spacial score (nSPS) is 21.5. The van der Waals surface area contributed by atoms with Crippen molar-refractivity contribution in [2.75, 3.05) is 56.9 Å². The van der Waals surface area contributed by atoms with Gasteiger partial charge >= 0.3 is 6.09 Å². The predicted octanol–water partition coefficient (Wildman–Crippen LogP) is 4.38. The number of nitrogens with zero attached hydrogens (tertiary/aromatic N) is 3. The molecule has 1 N–H and O–H groups in total. The maximum absolute atomic E-state index is 14.5. The van der Waals surface area contributed by atoms with E-state index in [2.05, 4.69) is 5.32 Å². The average Bonchev–Trinajstić information content (AvgIpc) is 3.83. The highest BCUT2D eigenvalue weighted by Crippen LogP contribution is 2.43. The Balaban J connectivity index is 1.65. The molecule has 0 unspecified atom stereocenters. The second kappa shape index (κ2) is 14.8. The molecule has 2 heterocycles. The standard InChI is InChI=1S/C35H54N4O8/c1-22(2)27(21-45-9)36-30(40)23-17-24(20-37(19-23)33(43)47-34(3,4)5)31(41)39(25-11-12-25)26-13-14-29-28(18-26)38(15-10-16-44-8)32(42)35(6,7)46-29/h13-14,18,22-25,27H,10-12,15-17,19-21H2,1-9H3,(H,36,40)/t23-,24+,27+/m0/s1. The number of carbonyl (C=O) groups excluding carboxylic acids is 4. The summed E-state index contributed by atoms with van der Waals surface area (Å²) in [5.74, 6) is -1.10. The van der Waals surface area contributed by atoms with Crippen LogP contribution in [-0.4, -0.2) is 99.1 Å². The number of rotatable bonds is 12. The minimum atomic E-state index is -1.03. The molecule has 4 rings (SSSR count). The highest BCUT2D eigenvalue weighted by Gasteiger charge is 2.45. The number of piperidine rings is 1. The van der Waals surface area contributed by atoms with E-state index < -0.39 is 29.1 Å². The van der Waals surface area contributed by atoms with Gasteiger partial charge in [0.2, 0.25) is 11.8 Å². The summed E-state index contributed by atoms with van der Waals surface area (Å²) in [7, 11) is 3.22. The molecule has 0 spiro atoms. The molecule has 0 radical (unpaired) electrons. The maximum atomic E-state index is 14.5. The topological polar surface area (TPSA) is 127 Å². The van der Waals surface area contributed by atoms with Crippen molar-refractivity contribution in [3.63, 3.8) is 0 Å². The van der Waals surface area contributed by atoms with Crippen LogP contribution in [0.5, 0.6) is 5.75 Å². The number of hydrogen-bond donors (Lipinski definition) is 1. The number of ether oxygens (including phenoxy) is 4. The molecule has 3 atom stereocenters. The Morgan fingerprint density at radius 1 is 1.09 bits per heavy atom. The van der Waals surface area contributed by atoms with E-state index >= 15 is 0 Å². The zero-order valence-electron chi connectivity index (χ0n) is 29.6. The Labute approximate surface area is 279 Å². The fourth-order valence-electron chi connectivity index (χ4n) is 6.17.